The second-order valence-electron chi connectivity index (χ2n) is 13.1. The summed E-state index contributed by atoms with van der Waals surface area (Å²) in [4.78, 5) is 8.85. The number of pyridine rings is 2. The van der Waals surface area contributed by atoms with Gasteiger partial charge in [0, 0.05) is 47.5 Å². The van der Waals surface area contributed by atoms with Crippen LogP contribution in [-0.2, 0) is 32.9 Å². The molecule has 0 unspecified atom stereocenters. The largest absolute Gasteiger partial charge is 0.500 e. The van der Waals surface area contributed by atoms with Gasteiger partial charge in [-0.3, -0.25) is 0 Å². The van der Waals surface area contributed by atoms with Crippen molar-refractivity contribution in [1.29, 1.82) is 0 Å². The quantitative estimate of drug-likeness (QED) is 0.132. The Morgan fingerprint density at radius 1 is 0.756 bits per heavy atom. The summed E-state index contributed by atoms with van der Waals surface area (Å²) in [5.74, 6) is 0. The number of furan rings is 1. The van der Waals surface area contributed by atoms with Crippen LogP contribution in [0.2, 0.25) is 0 Å². The Morgan fingerprint density at radius 2 is 1.56 bits per heavy atom. The van der Waals surface area contributed by atoms with Crippen molar-refractivity contribution in [2.45, 2.75) is 61.1 Å². The Labute approximate surface area is 290 Å². The topological polar surface area (TPSA) is 38.9 Å². The second kappa shape index (κ2) is 12.9. The van der Waals surface area contributed by atoms with Crippen LogP contribution in [0.3, 0.4) is 0 Å². The van der Waals surface area contributed by atoms with Crippen molar-refractivity contribution in [3.05, 3.63) is 120 Å². The molecule has 3 nitrogen and oxygen atoms in total. The van der Waals surface area contributed by atoms with Gasteiger partial charge in [0.05, 0.1) is 5.58 Å². The molecule has 7 aromatic rings. The smallest absolute Gasteiger partial charge is 0.121 e. The molecule has 3 aromatic heterocycles. The summed E-state index contributed by atoms with van der Waals surface area (Å²) in [5.41, 5.74) is 4.91. The summed E-state index contributed by atoms with van der Waals surface area (Å²) in [6, 6.07) is 30.1. The Bertz CT molecular complexity index is 2320. The van der Waals surface area contributed by atoms with Crippen LogP contribution in [0, 0.1) is 29.8 Å². The van der Waals surface area contributed by atoms with Crippen LogP contribution in [0.4, 0.5) is 0 Å². The van der Waals surface area contributed by atoms with E-state index in [1.165, 1.54) is 12.3 Å². The number of hydrogen-bond acceptors (Lipinski definition) is 3. The first-order valence-electron chi connectivity index (χ1n) is 18.2. The first-order valence-corrected chi connectivity index (χ1v) is 14.7. The van der Waals surface area contributed by atoms with E-state index in [-0.39, 0.29) is 25.7 Å². The third kappa shape index (κ3) is 7.52. The first kappa shape index (κ1) is 24.4. The van der Waals surface area contributed by atoms with Gasteiger partial charge in [-0.15, -0.1) is 53.1 Å². The van der Waals surface area contributed by atoms with Gasteiger partial charge in [0.15, 0.2) is 0 Å². The van der Waals surface area contributed by atoms with Crippen molar-refractivity contribution in [1.82, 2.24) is 9.97 Å². The molecule has 0 aliphatic carbocycles. The van der Waals surface area contributed by atoms with Crippen LogP contribution < -0.4 is 0 Å². The Morgan fingerprint density at radius 3 is 2.24 bits per heavy atom. The molecule has 3 heterocycles. The second-order valence-corrected chi connectivity index (χ2v) is 13.1. The zero-order valence-electron chi connectivity index (χ0n) is 33.3. The maximum Gasteiger partial charge on any atom is 0.121 e. The third-order valence-corrected chi connectivity index (χ3v) is 7.00. The molecule has 0 spiro atoms. The maximum absolute atomic E-state index is 8.60. The Balaban J connectivity index is 0.000000202. The summed E-state index contributed by atoms with van der Waals surface area (Å²) >= 11 is 0. The molecule has 4 heteroatoms. The predicted molar refractivity (Wildman–Crippen MR) is 184 cm³/mol. The van der Waals surface area contributed by atoms with Crippen molar-refractivity contribution in [2.24, 2.45) is 10.8 Å². The number of rotatable bonds is 4. The van der Waals surface area contributed by atoms with Gasteiger partial charge in [0.25, 0.3) is 0 Å². The fraction of sp³-hybridized carbons (Fsp3) is 0.268. The minimum atomic E-state index is -2.14. The molecule has 4 aromatic carbocycles. The number of nitrogens with zero attached hydrogens (tertiary/aromatic N) is 2. The summed E-state index contributed by atoms with van der Waals surface area (Å²) in [6.07, 6.45) is 0.251. The van der Waals surface area contributed by atoms with E-state index in [0.29, 0.717) is 22.4 Å². The van der Waals surface area contributed by atoms with Crippen LogP contribution in [-0.4, -0.2) is 9.97 Å². The van der Waals surface area contributed by atoms with E-state index in [4.69, 9.17) is 14.0 Å². The standard InChI is InChI=1S/C24H20NO.C17H20N.Ir/c1-24(2,3)14-15-11-12-25-19(13-15)17-9-10-21-23-18(17)8-7-16-5-4-6-20(26-21)22(16)23;1-13-5-8-15(9-6-13)16-10-7-14(12-18-16)11-17(2,3)4;/h4-8,10-13H,14H2,1-3H3;5-8,10,12H,11H2,1-4H3;/q2*-1;/i14D2;1D3,11D2;. The molecule has 231 valence electrons. The van der Waals surface area contributed by atoms with Gasteiger partial charge in [0.1, 0.15) is 5.58 Å². The molecule has 0 bridgehead atoms. The van der Waals surface area contributed by atoms with Gasteiger partial charge in [-0.2, -0.15) is 0 Å². The zero-order valence-corrected chi connectivity index (χ0v) is 28.7. The maximum atomic E-state index is 8.60. The van der Waals surface area contributed by atoms with Crippen molar-refractivity contribution >= 4 is 32.7 Å². The van der Waals surface area contributed by atoms with Crippen molar-refractivity contribution in [3.63, 3.8) is 0 Å². The van der Waals surface area contributed by atoms with Crippen LogP contribution in [0.5, 0.6) is 0 Å². The number of benzene rings is 4. The van der Waals surface area contributed by atoms with Gasteiger partial charge in [-0.05, 0) is 63.4 Å². The molecular weight excluding hydrogens is 729 g/mol. The number of aryl methyl sites for hydroxylation is 1. The predicted octanol–water partition coefficient (Wildman–Crippen LogP) is 11.1. The van der Waals surface area contributed by atoms with Gasteiger partial charge >= 0.3 is 0 Å². The molecule has 45 heavy (non-hydrogen) atoms. The Kier molecular flexibility index (Phi) is 6.98. The van der Waals surface area contributed by atoms with E-state index in [0.717, 1.165) is 44.0 Å². The molecule has 0 atom stereocenters. The summed E-state index contributed by atoms with van der Waals surface area (Å²) in [7, 11) is 0. The minimum absolute atomic E-state index is 0. The molecule has 0 aliphatic rings. The average molecular weight is 776 g/mol. The molecule has 0 amide bonds. The normalized spacial score (nSPS) is 15.1. The van der Waals surface area contributed by atoms with Gasteiger partial charge in [-0.25, -0.2) is 0 Å². The molecule has 1 radical (unpaired) electrons. The van der Waals surface area contributed by atoms with E-state index in [1.807, 2.05) is 65.8 Å². The van der Waals surface area contributed by atoms with Gasteiger partial charge in [-0.1, -0.05) is 102 Å². The third-order valence-electron chi connectivity index (χ3n) is 7.00. The minimum Gasteiger partial charge on any atom is -0.500 e. The van der Waals surface area contributed by atoms with E-state index in [9.17, 15) is 0 Å². The fourth-order valence-electron chi connectivity index (χ4n) is 5.32. The summed E-state index contributed by atoms with van der Waals surface area (Å²) < 4.78 is 61.8. The van der Waals surface area contributed by atoms with E-state index >= 15 is 0 Å². The molecule has 0 saturated heterocycles. The Hall–Kier alpha value is -3.85. The monoisotopic (exact) mass is 776 g/mol. The van der Waals surface area contributed by atoms with Crippen LogP contribution in [0.15, 0.2) is 95.7 Å². The molecule has 0 fully saturated rings. The number of hydrogen-bond donors (Lipinski definition) is 0. The first-order chi connectivity index (χ1) is 23.7. The summed E-state index contributed by atoms with van der Waals surface area (Å²) in [6.45, 7) is 9.15. The van der Waals surface area contributed by atoms with Crippen molar-refractivity contribution < 1.29 is 34.1 Å². The van der Waals surface area contributed by atoms with Crippen LogP contribution >= 0.6 is 0 Å². The fourth-order valence-corrected chi connectivity index (χ4v) is 5.32. The molecule has 0 aliphatic heterocycles. The molecule has 0 N–H and O–H groups in total. The summed E-state index contributed by atoms with van der Waals surface area (Å²) in [5, 5.41) is 4.36. The average Bonchev–Trinajstić information content (AvgIpc) is 3.46. The van der Waals surface area contributed by atoms with Crippen molar-refractivity contribution in [3.8, 4) is 22.5 Å². The van der Waals surface area contributed by atoms with E-state index in [1.54, 1.807) is 36.5 Å². The van der Waals surface area contributed by atoms with E-state index in [2.05, 4.69) is 40.3 Å². The van der Waals surface area contributed by atoms with Gasteiger partial charge in [0.2, 0.25) is 0 Å². The molecular formula is C41H40IrN2O-2. The zero-order chi connectivity index (χ0) is 37.1. The van der Waals surface area contributed by atoms with Crippen LogP contribution in [0.25, 0.3) is 55.2 Å². The van der Waals surface area contributed by atoms with Gasteiger partial charge < -0.3 is 14.4 Å². The van der Waals surface area contributed by atoms with E-state index < -0.39 is 30.4 Å². The van der Waals surface area contributed by atoms with Crippen LogP contribution in [0.1, 0.15) is 67.8 Å². The SMILES string of the molecule is [2H]C([2H])([2H])c1c[c-]c(-c2ccc(C([2H])([2H])C(C)(C)C)cn2)cc1.[2H]C([2H])(c1ccnc(-c2[c-]cc3oc4cccc5ccc2c3c54)c1)C(C)(C)C.[Ir]. The number of aromatic nitrogens is 2. The molecule has 7 rings (SSSR count). The van der Waals surface area contributed by atoms with Crippen molar-refractivity contribution in [2.75, 3.05) is 0 Å². The molecule has 0 saturated carbocycles.